The molecular weight excluding hydrogens is 380 g/mol. The third kappa shape index (κ3) is 5.96. The summed E-state index contributed by atoms with van der Waals surface area (Å²) in [6.45, 7) is 7.21. The number of carbonyl (C=O) groups excluding carboxylic acids is 2. The minimum atomic E-state index is -0.887. The van der Waals surface area contributed by atoms with Crippen molar-refractivity contribution in [1.29, 1.82) is 0 Å². The van der Waals surface area contributed by atoms with Gasteiger partial charge in [-0.3, -0.25) is 0 Å². The third-order valence-electron chi connectivity index (χ3n) is 3.99. The predicted octanol–water partition coefficient (Wildman–Crippen LogP) is 4.32. The van der Waals surface area contributed by atoms with E-state index in [1.807, 2.05) is 31.2 Å². The maximum atomic E-state index is 12.3. The lowest BCUT2D eigenvalue weighted by Gasteiger charge is -2.23. The van der Waals surface area contributed by atoms with Crippen LogP contribution in [-0.4, -0.2) is 35.8 Å². The van der Waals surface area contributed by atoms with Crippen LogP contribution in [0.25, 0.3) is 11.1 Å². The fourth-order valence-electron chi connectivity index (χ4n) is 2.77. The molecule has 0 aliphatic carbocycles. The quantitative estimate of drug-likeness (QED) is 0.593. The maximum absolute atomic E-state index is 12.3. The first-order valence-corrected chi connectivity index (χ1v) is 9.26. The Labute approximate surface area is 170 Å². The SMILES string of the molecule is COC(=O)[C@H](Cc1ccccc1-c1cnc(Cl)cc1C)NC(=O)OC(C)(C)C. The van der Waals surface area contributed by atoms with Gasteiger partial charge in [0.05, 0.1) is 7.11 Å². The minimum Gasteiger partial charge on any atom is -0.467 e. The summed E-state index contributed by atoms with van der Waals surface area (Å²) in [6, 6.07) is 8.51. The van der Waals surface area contributed by atoms with Crippen molar-refractivity contribution in [2.45, 2.75) is 45.8 Å². The van der Waals surface area contributed by atoms with Crippen LogP contribution in [-0.2, 0) is 20.7 Å². The van der Waals surface area contributed by atoms with Crippen LogP contribution < -0.4 is 5.32 Å². The number of pyridine rings is 1. The normalized spacial score (nSPS) is 12.2. The van der Waals surface area contributed by atoms with Gasteiger partial charge in [-0.2, -0.15) is 0 Å². The van der Waals surface area contributed by atoms with Crippen molar-refractivity contribution < 1.29 is 19.1 Å². The second kappa shape index (κ2) is 9.06. The molecule has 0 spiro atoms. The summed E-state index contributed by atoms with van der Waals surface area (Å²) in [4.78, 5) is 28.6. The number of hydrogen-bond acceptors (Lipinski definition) is 5. The summed E-state index contributed by atoms with van der Waals surface area (Å²) in [5.41, 5.74) is 2.96. The predicted molar refractivity (Wildman–Crippen MR) is 108 cm³/mol. The number of methoxy groups -OCH3 is 1. The molecule has 0 unspecified atom stereocenters. The van der Waals surface area contributed by atoms with E-state index in [9.17, 15) is 9.59 Å². The number of carbonyl (C=O) groups is 2. The minimum absolute atomic E-state index is 0.240. The molecule has 6 nitrogen and oxygen atoms in total. The standard InChI is InChI=1S/C21H25ClN2O4/c1-13-10-18(22)23-12-16(13)15-9-7-6-8-14(15)11-17(19(25)27-5)24-20(26)28-21(2,3)4/h6-10,12,17H,11H2,1-5H3,(H,24,26)/t17-/m0/s1. The number of amides is 1. The highest BCUT2D eigenvalue weighted by Crippen LogP contribution is 2.28. The first kappa shape index (κ1) is 21.7. The molecule has 0 saturated heterocycles. The second-order valence-corrected chi connectivity index (χ2v) is 7.79. The van der Waals surface area contributed by atoms with Crippen LogP contribution in [0.5, 0.6) is 0 Å². The molecule has 150 valence electrons. The van der Waals surface area contributed by atoms with Gasteiger partial charge in [0.2, 0.25) is 0 Å². The Balaban J connectivity index is 2.32. The van der Waals surface area contributed by atoms with Crippen molar-refractivity contribution in [2.75, 3.05) is 7.11 Å². The van der Waals surface area contributed by atoms with Gasteiger partial charge in [0, 0.05) is 18.2 Å². The number of esters is 1. The van der Waals surface area contributed by atoms with Crippen molar-refractivity contribution in [3.8, 4) is 11.1 Å². The zero-order valence-corrected chi connectivity index (χ0v) is 17.5. The summed E-state index contributed by atoms with van der Waals surface area (Å²) in [5.74, 6) is -0.549. The number of alkyl carbamates (subject to hydrolysis) is 1. The third-order valence-corrected chi connectivity index (χ3v) is 4.19. The number of halogens is 1. The van der Waals surface area contributed by atoms with Crippen LogP contribution in [0.2, 0.25) is 5.15 Å². The molecule has 0 aliphatic heterocycles. The van der Waals surface area contributed by atoms with Gasteiger partial charge >= 0.3 is 12.1 Å². The van der Waals surface area contributed by atoms with E-state index in [-0.39, 0.29) is 6.42 Å². The Bertz CT molecular complexity index is 862. The summed E-state index contributed by atoms with van der Waals surface area (Å²) >= 11 is 5.97. The molecule has 1 atom stereocenters. The molecule has 2 aromatic rings. The number of hydrogen-bond donors (Lipinski definition) is 1. The highest BCUT2D eigenvalue weighted by molar-refractivity contribution is 6.29. The molecule has 1 heterocycles. The Kier molecular flexibility index (Phi) is 7.02. The van der Waals surface area contributed by atoms with E-state index in [2.05, 4.69) is 10.3 Å². The molecule has 1 amide bonds. The molecule has 2 rings (SSSR count). The number of rotatable bonds is 5. The van der Waals surface area contributed by atoms with Gasteiger partial charge in [-0.05, 0) is 50.5 Å². The number of aromatic nitrogens is 1. The molecular formula is C21H25ClN2O4. The first-order chi connectivity index (χ1) is 13.1. The van der Waals surface area contributed by atoms with Gasteiger partial charge in [-0.1, -0.05) is 35.9 Å². The number of benzene rings is 1. The zero-order chi connectivity index (χ0) is 20.9. The Morgan fingerprint density at radius 2 is 1.89 bits per heavy atom. The van der Waals surface area contributed by atoms with E-state index >= 15 is 0 Å². The van der Waals surface area contributed by atoms with Crippen LogP contribution in [0.1, 0.15) is 31.9 Å². The lowest BCUT2D eigenvalue weighted by Crippen LogP contribution is -2.45. The van der Waals surface area contributed by atoms with Crippen LogP contribution >= 0.6 is 11.6 Å². The van der Waals surface area contributed by atoms with Crippen LogP contribution in [0.3, 0.4) is 0 Å². The van der Waals surface area contributed by atoms with Gasteiger partial charge in [0.1, 0.15) is 16.8 Å². The monoisotopic (exact) mass is 404 g/mol. The number of ether oxygens (including phenoxy) is 2. The average Bonchev–Trinajstić information content (AvgIpc) is 2.59. The fraction of sp³-hybridized carbons (Fsp3) is 0.381. The van der Waals surface area contributed by atoms with E-state index in [4.69, 9.17) is 21.1 Å². The molecule has 0 aliphatic rings. The van der Waals surface area contributed by atoms with Crippen molar-refractivity contribution in [3.63, 3.8) is 0 Å². The van der Waals surface area contributed by atoms with Gasteiger partial charge in [0.25, 0.3) is 0 Å². The lowest BCUT2D eigenvalue weighted by molar-refractivity contribution is -0.143. The summed E-state index contributed by atoms with van der Waals surface area (Å²) in [7, 11) is 1.28. The van der Waals surface area contributed by atoms with Crippen molar-refractivity contribution in [3.05, 3.63) is 52.8 Å². The molecule has 0 radical (unpaired) electrons. The zero-order valence-electron chi connectivity index (χ0n) is 16.7. The largest absolute Gasteiger partial charge is 0.467 e. The van der Waals surface area contributed by atoms with Crippen molar-refractivity contribution in [1.82, 2.24) is 10.3 Å². The topological polar surface area (TPSA) is 77.5 Å². The second-order valence-electron chi connectivity index (χ2n) is 7.41. The highest BCUT2D eigenvalue weighted by Gasteiger charge is 2.26. The Morgan fingerprint density at radius 1 is 1.21 bits per heavy atom. The number of nitrogens with zero attached hydrogens (tertiary/aromatic N) is 1. The molecule has 7 heteroatoms. The van der Waals surface area contributed by atoms with Gasteiger partial charge in [0.15, 0.2) is 0 Å². The molecule has 1 aromatic heterocycles. The van der Waals surface area contributed by atoms with Crippen molar-refractivity contribution >= 4 is 23.7 Å². The van der Waals surface area contributed by atoms with Gasteiger partial charge in [-0.25, -0.2) is 14.6 Å². The van der Waals surface area contributed by atoms with E-state index in [0.717, 1.165) is 22.3 Å². The Morgan fingerprint density at radius 3 is 2.50 bits per heavy atom. The first-order valence-electron chi connectivity index (χ1n) is 8.88. The van der Waals surface area contributed by atoms with E-state index in [0.29, 0.717) is 5.15 Å². The number of nitrogens with one attached hydrogen (secondary N) is 1. The van der Waals surface area contributed by atoms with Gasteiger partial charge < -0.3 is 14.8 Å². The summed E-state index contributed by atoms with van der Waals surface area (Å²) in [5, 5.41) is 3.02. The lowest BCUT2D eigenvalue weighted by atomic mass is 9.94. The number of aryl methyl sites for hydroxylation is 1. The molecule has 28 heavy (non-hydrogen) atoms. The molecule has 0 saturated carbocycles. The molecule has 0 bridgehead atoms. The molecule has 0 fully saturated rings. The van der Waals surface area contributed by atoms with Gasteiger partial charge in [-0.15, -0.1) is 0 Å². The average molecular weight is 405 g/mol. The summed E-state index contributed by atoms with van der Waals surface area (Å²) in [6.07, 6.45) is 1.26. The van der Waals surface area contributed by atoms with Crippen LogP contribution in [0.15, 0.2) is 36.5 Å². The van der Waals surface area contributed by atoms with Crippen LogP contribution in [0, 0.1) is 6.92 Å². The fourth-order valence-corrected chi connectivity index (χ4v) is 2.98. The highest BCUT2D eigenvalue weighted by atomic mass is 35.5. The molecule has 1 N–H and O–H groups in total. The van der Waals surface area contributed by atoms with Crippen molar-refractivity contribution in [2.24, 2.45) is 0 Å². The van der Waals surface area contributed by atoms with Crippen LogP contribution in [0.4, 0.5) is 4.79 Å². The maximum Gasteiger partial charge on any atom is 0.408 e. The molecule has 1 aromatic carbocycles. The van der Waals surface area contributed by atoms with E-state index in [1.165, 1.54) is 7.11 Å². The van der Waals surface area contributed by atoms with E-state index in [1.54, 1.807) is 33.0 Å². The summed E-state index contributed by atoms with van der Waals surface area (Å²) < 4.78 is 10.1. The van der Waals surface area contributed by atoms with E-state index < -0.39 is 23.7 Å². The smallest absolute Gasteiger partial charge is 0.408 e. The Hall–Kier alpha value is -2.60.